The first kappa shape index (κ1) is 16.1. The Morgan fingerprint density at radius 3 is 2.21 bits per heavy atom. The smallest absolute Gasteiger partial charge is 0.241 e. The van der Waals surface area contributed by atoms with Gasteiger partial charge in [0.05, 0.1) is 11.4 Å². The summed E-state index contributed by atoms with van der Waals surface area (Å²) < 4.78 is 26.9. The molecule has 0 heterocycles. The third-order valence-electron chi connectivity index (χ3n) is 2.06. The molecule has 0 aliphatic carbocycles. The Kier molecular flexibility index (Phi) is 5.11. The maximum Gasteiger partial charge on any atom is 0.241 e. The largest absolute Gasteiger partial charge is 0.350 e. The zero-order valence-corrected chi connectivity index (χ0v) is 13.4. The van der Waals surface area contributed by atoms with E-state index in [0.29, 0.717) is 0 Å². The van der Waals surface area contributed by atoms with Crippen LogP contribution in [0.3, 0.4) is 0 Å². The minimum Gasteiger partial charge on any atom is -0.350 e. The second-order valence-corrected chi connectivity index (χ2v) is 7.76. The van der Waals surface area contributed by atoms with Crippen molar-refractivity contribution in [1.29, 1.82) is 0 Å². The molecule has 0 saturated heterocycles. The van der Waals surface area contributed by atoms with Gasteiger partial charge in [0.2, 0.25) is 15.9 Å². The molecule has 1 aromatic rings. The van der Waals surface area contributed by atoms with Crippen molar-refractivity contribution in [2.45, 2.75) is 31.2 Å². The van der Waals surface area contributed by atoms with Crippen LogP contribution in [0.4, 0.5) is 0 Å². The number of nitrogens with one attached hydrogen (secondary N) is 2. The lowest BCUT2D eigenvalue weighted by Crippen LogP contribution is -2.45. The predicted molar refractivity (Wildman–Crippen MR) is 77.2 cm³/mol. The number of rotatable bonds is 4. The predicted octanol–water partition coefficient (Wildman–Crippen LogP) is 1.64. The van der Waals surface area contributed by atoms with Crippen molar-refractivity contribution >= 4 is 31.9 Å². The minimum atomic E-state index is -3.66. The molecule has 0 spiro atoms. The van der Waals surface area contributed by atoms with Crippen LogP contribution in [0.15, 0.2) is 33.6 Å². The first-order chi connectivity index (χ1) is 8.60. The van der Waals surface area contributed by atoms with Crippen LogP contribution in [0.25, 0.3) is 0 Å². The lowest BCUT2D eigenvalue weighted by Gasteiger charge is -2.20. The summed E-state index contributed by atoms with van der Waals surface area (Å²) >= 11 is 3.23. The summed E-state index contributed by atoms with van der Waals surface area (Å²) in [5.41, 5.74) is -0.389. The van der Waals surface area contributed by atoms with Crippen molar-refractivity contribution in [1.82, 2.24) is 10.0 Å². The molecule has 2 N–H and O–H groups in total. The Morgan fingerprint density at radius 1 is 1.21 bits per heavy atom. The molecule has 1 aromatic carbocycles. The standard InChI is InChI=1S/C12H17BrN2O3S/c1-12(2,3)15-11(16)8-14-19(17,18)10-6-4-9(13)5-7-10/h4-7,14H,8H2,1-3H3,(H,15,16). The average Bonchev–Trinajstić information content (AvgIpc) is 2.25. The molecule has 1 amide bonds. The first-order valence-corrected chi connectivity index (χ1v) is 7.94. The monoisotopic (exact) mass is 348 g/mol. The van der Waals surface area contributed by atoms with Crippen LogP contribution >= 0.6 is 15.9 Å². The maximum atomic E-state index is 11.9. The number of carbonyl (C=O) groups excluding carboxylic acids is 1. The Hall–Kier alpha value is -0.920. The fourth-order valence-corrected chi connectivity index (χ4v) is 2.57. The fourth-order valence-electron chi connectivity index (χ4n) is 1.32. The maximum absolute atomic E-state index is 11.9. The van der Waals surface area contributed by atoms with Crippen LogP contribution in [0.1, 0.15) is 20.8 Å². The van der Waals surface area contributed by atoms with Gasteiger partial charge in [-0.25, -0.2) is 13.1 Å². The van der Waals surface area contributed by atoms with Crippen LogP contribution in [-0.4, -0.2) is 26.4 Å². The van der Waals surface area contributed by atoms with Crippen molar-refractivity contribution in [3.63, 3.8) is 0 Å². The van der Waals surface area contributed by atoms with Crippen LogP contribution < -0.4 is 10.0 Å². The molecule has 0 atom stereocenters. The summed E-state index contributed by atoms with van der Waals surface area (Å²) in [5, 5.41) is 2.68. The normalized spacial score (nSPS) is 12.2. The van der Waals surface area contributed by atoms with E-state index in [1.165, 1.54) is 12.1 Å². The Labute approximate surface area is 122 Å². The summed E-state index contributed by atoms with van der Waals surface area (Å²) in [6.07, 6.45) is 0. The van der Waals surface area contributed by atoms with E-state index in [9.17, 15) is 13.2 Å². The van der Waals surface area contributed by atoms with Crippen LogP contribution in [0, 0.1) is 0 Å². The number of hydrogen-bond acceptors (Lipinski definition) is 3. The number of halogens is 1. The second-order valence-electron chi connectivity index (χ2n) is 5.08. The van der Waals surface area contributed by atoms with E-state index >= 15 is 0 Å². The number of carbonyl (C=O) groups is 1. The van der Waals surface area contributed by atoms with Crippen LogP contribution in [0.5, 0.6) is 0 Å². The summed E-state index contributed by atoms with van der Waals surface area (Å²) in [7, 11) is -3.66. The zero-order chi connectivity index (χ0) is 14.7. The molecule has 106 valence electrons. The highest BCUT2D eigenvalue weighted by Crippen LogP contribution is 2.14. The summed E-state index contributed by atoms with van der Waals surface area (Å²) in [6.45, 7) is 5.20. The average molecular weight is 349 g/mol. The molecule has 0 fully saturated rings. The molecule has 0 unspecified atom stereocenters. The molecule has 0 aromatic heterocycles. The molecule has 0 saturated carbocycles. The Balaban J connectivity index is 2.66. The molecule has 7 heteroatoms. The van der Waals surface area contributed by atoms with Crippen molar-refractivity contribution in [2.24, 2.45) is 0 Å². The van der Waals surface area contributed by atoms with Crippen LogP contribution in [0.2, 0.25) is 0 Å². The van der Waals surface area contributed by atoms with Gasteiger partial charge < -0.3 is 5.32 Å². The van der Waals surface area contributed by atoms with Crippen molar-refractivity contribution < 1.29 is 13.2 Å². The van der Waals surface area contributed by atoms with E-state index in [0.717, 1.165) is 4.47 Å². The number of hydrogen-bond donors (Lipinski definition) is 2. The Morgan fingerprint density at radius 2 is 1.74 bits per heavy atom. The van der Waals surface area contributed by atoms with E-state index in [1.807, 2.05) is 20.8 Å². The van der Waals surface area contributed by atoms with Gasteiger partial charge in [-0.3, -0.25) is 4.79 Å². The highest BCUT2D eigenvalue weighted by Gasteiger charge is 2.18. The molecule has 0 aliphatic heterocycles. The van der Waals surface area contributed by atoms with Gasteiger partial charge in [0, 0.05) is 10.0 Å². The molecule has 19 heavy (non-hydrogen) atoms. The van der Waals surface area contributed by atoms with Crippen molar-refractivity contribution in [3.8, 4) is 0 Å². The van der Waals surface area contributed by atoms with E-state index in [-0.39, 0.29) is 22.9 Å². The van der Waals surface area contributed by atoms with Gasteiger partial charge in [-0.05, 0) is 45.0 Å². The van der Waals surface area contributed by atoms with Crippen LogP contribution in [-0.2, 0) is 14.8 Å². The van der Waals surface area contributed by atoms with Crippen molar-refractivity contribution in [3.05, 3.63) is 28.7 Å². The van der Waals surface area contributed by atoms with E-state index in [4.69, 9.17) is 0 Å². The molecular weight excluding hydrogens is 332 g/mol. The Bertz CT molecular complexity index is 547. The molecular formula is C12H17BrN2O3S. The second kappa shape index (κ2) is 6.02. The fraction of sp³-hybridized carbons (Fsp3) is 0.417. The summed E-state index contributed by atoms with van der Waals surface area (Å²) in [4.78, 5) is 11.7. The highest BCUT2D eigenvalue weighted by molar-refractivity contribution is 9.10. The molecule has 1 rings (SSSR count). The zero-order valence-electron chi connectivity index (χ0n) is 11.0. The first-order valence-electron chi connectivity index (χ1n) is 5.66. The van der Waals surface area contributed by atoms with Gasteiger partial charge in [0.1, 0.15) is 0 Å². The SMILES string of the molecule is CC(C)(C)NC(=O)CNS(=O)(=O)c1ccc(Br)cc1. The van der Waals surface area contributed by atoms with Gasteiger partial charge in [-0.1, -0.05) is 15.9 Å². The summed E-state index contributed by atoms with van der Waals surface area (Å²) in [6, 6.07) is 6.19. The summed E-state index contributed by atoms with van der Waals surface area (Å²) in [5.74, 6) is -0.367. The molecule has 5 nitrogen and oxygen atoms in total. The molecule has 0 bridgehead atoms. The quantitative estimate of drug-likeness (QED) is 0.868. The van der Waals surface area contributed by atoms with Gasteiger partial charge >= 0.3 is 0 Å². The van der Waals surface area contributed by atoms with Gasteiger partial charge in [0.15, 0.2) is 0 Å². The lowest BCUT2D eigenvalue weighted by atomic mass is 10.1. The third kappa shape index (κ3) is 5.71. The number of amides is 1. The lowest BCUT2D eigenvalue weighted by molar-refractivity contribution is -0.121. The molecule has 0 aliphatic rings. The third-order valence-corrected chi connectivity index (χ3v) is 4.01. The van der Waals surface area contributed by atoms with E-state index in [1.54, 1.807) is 12.1 Å². The number of sulfonamides is 1. The number of benzene rings is 1. The molecule has 0 radical (unpaired) electrons. The highest BCUT2D eigenvalue weighted by atomic mass is 79.9. The minimum absolute atomic E-state index is 0.124. The van der Waals surface area contributed by atoms with Gasteiger partial charge in [-0.15, -0.1) is 0 Å². The van der Waals surface area contributed by atoms with Gasteiger partial charge in [0.25, 0.3) is 0 Å². The van der Waals surface area contributed by atoms with E-state index in [2.05, 4.69) is 26.0 Å². The van der Waals surface area contributed by atoms with Crippen molar-refractivity contribution in [2.75, 3.05) is 6.54 Å². The topological polar surface area (TPSA) is 75.3 Å². The van der Waals surface area contributed by atoms with E-state index < -0.39 is 10.0 Å². The van der Waals surface area contributed by atoms with Gasteiger partial charge in [-0.2, -0.15) is 0 Å².